The molecule has 25 heavy (non-hydrogen) atoms. The van der Waals surface area contributed by atoms with Crippen LogP contribution in [0.25, 0.3) is 20.7 Å². The van der Waals surface area contributed by atoms with E-state index in [2.05, 4.69) is 11.6 Å². The summed E-state index contributed by atoms with van der Waals surface area (Å²) in [6.45, 7) is 8.72. The monoisotopic (exact) mass is 373 g/mol. The minimum Gasteiger partial charge on any atom is -0.337 e. The molecule has 3 aromatic heterocycles. The van der Waals surface area contributed by atoms with Crippen LogP contribution in [-0.2, 0) is 11.3 Å². The van der Waals surface area contributed by atoms with Crippen molar-refractivity contribution in [3.8, 4) is 10.4 Å². The van der Waals surface area contributed by atoms with E-state index in [1.165, 1.54) is 22.2 Å². The first-order valence-electron chi connectivity index (χ1n) is 7.94. The number of carbonyl (C=O) groups excluding carboxylic acids is 1. The lowest BCUT2D eigenvalue weighted by molar-refractivity contribution is -0.131. The van der Waals surface area contributed by atoms with Gasteiger partial charge in [0.05, 0.1) is 11.7 Å². The van der Waals surface area contributed by atoms with Gasteiger partial charge in [-0.05, 0) is 25.3 Å². The Balaban J connectivity index is 1.96. The molecule has 0 aliphatic heterocycles. The highest BCUT2D eigenvalue weighted by Crippen LogP contribution is 2.33. The molecule has 0 aliphatic carbocycles. The molecule has 130 valence electrons. The highest BCUT2D eigenvalue weighted by atomic mass is 32.1. The molecule has 0 aliphatic rings. The maximum Gasteiger partial charge on any atom is 0.263 e. The summed E-state index contributed by atoms with van der Waals surface area (Å²) in [5.74, 6) is -0.110. The molecule has 0 saturated heterocycles. The van der Waals surface area contributed by atoms with Crippen molar-refractivity contribution in [3.05, 3.63) is 51.7 Å². The van der Waals surface area contributed by atoms with E-state index in [-0.39, 0.29) is 18.0 Å². The summed E-state index contributed by atoms with van der Waals surface area (Å²) in [5.41, 5.74) is 1.63. The third-order valence-corrected chi connectivity index (χ3v) is 5.64. The van der Waals surface area contributed by atoms with E-state index >= 15 is 0 Å². The molecular formula is C18H19N3O2S2. The summed E-state index contributed by atoms with van der Waals surface area (Å²) >= 11 is 3.03. The van der Waals surface area contributed by atoms with Crippen molar-refractivity contribution in [2.45, 2.75) is 20.4 Å². The molecule has 0 saturated carbocycles. The zero-order valence-electron chi connectivity index (χ0n) is 14.2. The number of aromatic nitrogens is 2. The summed E-state index contributed by atoms with van der Waals surface area (Å²) in [4.78, 5) is 33.2. The van der Waals surface area contributed by atoms with Crippen LogP contribution >= 0.6 is 22.7 Å². The lowest BCUT2D eigenvalue weighted by Gasteiger charge is -2.21. The smallest absolute Gasteiger partial charge is 0.263 e. The molecule has 1 amide bonds. The lowest BCUT2D eigenvalue weighted by atomic mass is 10.2. The van der Waals surface area contributed by atoms with E-state index in [9.17, 15) is 9.59 Å². The molecule has 3 aromatic rings. The third kappa shape index (κ3) is 3.57. The summed E-state index contributed by atoms with van der Waals surface area (Å²) < 4.78 is 1.40. The predicted octanol–water partition coefficient (Wildman–Crippen LogP) is 3.61. The van der Waals surface area contributed by atoms with E-state index in [0.717, 1.165) is 16.0 Å². The number of amides is 1. The zero-order chi connectivity index (χ0) is 18.0. The Bertz CT molecular complexity index is 970. The molecular weight excluding hydrogens is 354 g/mol. The Kier molecular flexibility index (Phi) is 5.15. The van der Waals surface area contributed by atoms with Crippen molar-refractivity contribution in [2.75, 3.05) is 13.1 Å². The second-order valence-corrected chi connectivity index (χ2v) is 7.66. The first kappa shape index (κ1) is 17.6. The van der Waals surface area contributed by atoms with Gasteiger partial charge < -0.3 is 4.90 Å². The van der Waals surface area contributed by atoms with Crippen molar-refractivity contribution in [3.63, 3.8) is 0 Å². The number of thiophene rings is 2. The minimum absolute atomic E-state index is 0.0113. The molecule has 0 atom stereocenters. The van der Waals surface area contributed by atoms with Gasteiger partial charge >= 0.3 is 0 Å². The van der Waals surface area contributed by atoms with Crippen LogP contribution in [0.5, 0.6) is 0 Å². The Hall–Kier alpha value is -2.25. The highest BCUT2D eigenvalue weighted by molar-refractivity contribution is 7.18. The molecule has 0 bridgehead atoms. The topological polar surface area (TPSA) is 55.2 Å². The highest BCUT2D eigenvalue weighted by Gasteiger charge is 2.17. The van der Waals surface area contributed by atoms with Crippen LogP contribution in [0, 0.1) is 0 Å². The number of rotatable bonds is 6. The fourth-order valence-electron chi connectivity index (χ4n) is 2.64. The van der Waals surface area contributed by atoms with Gasteiger partial charge in [0, 0.05) is 28.9 Å². The van der Waals surface area contributed by atoms with Crippen LogP contribution in [0.3, 0.4) is 0 Å². The normalized spacial score (nSPS) is 11.0. The second-order valence-electron chi connectivity index (χ2n) is 5.85. The van der Waals surface area contributed by atoms with Gasteiger partial charge in [0.2, 0.25) is 5.91 Å². The fourth-order valence-corrected chi connectivity index (χ4v) is 4.36. The van der Waals surface area contributed by atoms with Crippen molar-refractivity contribution in [1.29, 1.82) is 0 Å². The number of hydrogen-bond donors (Lipinski definition) is 0. The zero-order valence-corrected chi connectivity index (χ0v) is 15.8. The van der Waals surface area contributed by atoms with Gasteiger partial charge in [-0.3, -0.25) is 14.2 Å². The summed E-state index contributed by atoms with van der Waals surface area (Å²) in [7, 11) is 0. The van der Waals surface area contributed by atoms with Gasteiger partial charge in [0.1, 0.15) is 11.4 Å². The van der Waals surface area contributed by atoms with Gasteiger partial charge in [-0.15, -0.1) is 22.7 Å². The second kappa shape index (κ2) is 7.33. The van der Waals surface area contributed by atoms with Crippen molar-refractivity contribution in [1.82, 2.24) is 14.5 Å². The van der Waals surface area contributed by atoms with Gasteiger partial charge in [0.15, 0.2) is 0 Å². The predicted molar refractivity (Wildman–Crippen MR) is 104 cm³/mol. The van der Waals surface area contributed by atoms with E-state index in [4.69, 9.17) is 0 Å². The Morgan fingerprint density at radius 3 is 2.84 bits per heavy atom. The molecule has 0 fully saturated rings. The van der Waals surface area contributed by atoms with Gasteiger partial charge in [-0.2, -0.15) is 0 Å². The summed E-state index contributed by atoms with van der Waals surface area (Å²) in [6.07, 6.45) is 1.46. The average molecular weight is 374 g/mol. The fraction of sp³-hybridized carbons (Fsp3) is 0.278. The largest absolute Gasteiger partial charge is 0.337 e. The Morgan fingerprint density at radius 1 is 1.40 bits per heavy atom. The molecule has 0 aromatic carbocycles. The summed E-state index contributed by atoms with van der Waals surface area (Å²) in [6, 6.07) is 3.94. The van der Waals surface area contributed by atoms with Crippen LogP contribution < -0.4 is 5.56 Å². The molecule has 0 unspecified atom stereocenters. The van der Waals surface area contributed by atoms with Gasteiger partial charge in [-0.1, -0.05) is 18.2 Å². The van der Waals surface area contributed by atoms with E-state index in [0.29, 0.717) is 23.3 Å². The van der Waals surface area contributed by atoms with Crippen LogP contribution in [-0.4, -0.2) is 33.4 Å². The number of carbonyl (C=O) groups is 1. The first-order valence-corrected chi connectivity index (χ1v) is 9.69. The molecule has 7 heteroatoms. The Morgan fingerprint density at radius 2 is 2.20 bits per heavy atom. The maximum absolute atomic E-state index is 12.9. The lowest BCUT2D eigenvalue weighted by Crippen LogP contribution is -2.37. The number of nitrogens with zero attached hydrogens (tertiary/aromatic N) is 3. The van der Waals surface area contributed by atoms with Crippen molar-refractivity contribution < 1.29 is 4.79 Å². The van der Waals surface area contributed by atoms with Crippen LogP contribution in [0.4, 0.5) is 0 Å². The average Bonchev–Trinajstić information content (AvgIpc) is 3.23. The molecule has 3 heterocycles. The van der Waals surface area contributed by atoms with Gasteiger partial charge in [-0.25, -0.2) is 4.98 Å². The minimum atomic E-state index is -0.172. The quantitative estimate of drug-likeness (QED) is 0.620. The number of hydrogen-bond acceptors (Lipinski definition) is 5. The molecule has 0 radical (unpaired) electrons. The van der Waals surface area contributed by atoms with Crippen LogP contribution in [0.1, 0.15) is 13.8 Å². The summed E-state index contributed by atoms with van der Waals surface area (Å²) in [5, 5.41) is 4.52. The van der Waals surface area contributed by atoms with Crippen molar-refractivity contribution >= 4 is 38.8 Å². The van der Waals surface area contributed by atoms with E-state index in [1.54, 1.807) is 16.2 Å². The van der Waals surface area contributed by atoms with E-state index in [1.807, 2.05) is 36.7 Å². The molecule has 5 nitrogen and oxygen atoms in total. The Labute approximate surface area is 153 Å². The first-order chi connectivity index (χ1) is 12.0. The SMILES string of the molecule is C=C(C)CN(CC)C(=O)Cn1cnc2scc(-c3cccs3)c2c1=O. The maximum atomic E-state index is 12.9. The number of fused-ring (bicyclic) bond motifs is 1. The van der Waals surface area contributed by atoms with Crippen LogP contribution in [0.2, 0.25) is 0 Å². The van der Waals surface area contributed by atoms with Crippen LogP contribution in [0.15, 0.2) is 46.2 Å². The number of likely N-dealkylation sites (N-methyl/N-ethyl adjacent to an activating group) is 1. The van der Waals surface area contributed by atoms with Gasteiger partial charge in [0.25, 0.3) is 5.56 Å². The third-order valence-electron chi connectivity index (χ3n) is 3.85. The van der Waals surface area contributed by atoms with E-state index < -0.39 is 0 Å². The molecule has 0 spiro atoms. The standard InChI is InChI=1S/C18H19N3O2S2/c1-4-20(8-12(2)3)15(22)9-21-11-19-17-16(18(21)23)13(10-25-17)14-6-5-7-24-14/h5-7,10-11H,2,4,8-9H2,1,3H3. The molecule has 3 rings (SSSR count). The molecule has 0 N–H and O–H groups in total. The van der Waals surface area contributed by atoms with Crippen molar-refractivity contribution in [2.24, 2.45) is 0 Å².